The highest BCUT2D eigenvalue weighted by Crippen LogP contribution is 2.34. The van der Waals surface area contributed by atoms with Crippen LogP contribution in [-0.2, 0) is 0 Å². The molecule has 0 spiro atoms. The minimum Gasteiger partial charge on any atom is -0.373 e. The lowest BCUT2D eigenvalue weighted by Gasteiger charge is -2.17. The zero-order valence-corrected chi connectivity index (χ0v) is 11.3. The second kappa shape index (κ2) is 6.19. The van der Waals surface area contributed by atoms with Crippen molar-refractivity contribution in [2.45, 2.75) is 13.0 Å². The molecule has 110 valence electrons. The zero-order valence-electron chi connectivity index (χ0n) is 11.3. The number of nitrogens with zero attached hydrogens (tertiary/aromatic N) is 1. The van der Waals surface area contributed by atoms with E-state index in [1.807, 2.05) is 0 Å². The molecule has 0 heterocycles. The summed E-state index contributed by atoms with van der Waals surface area (Å²) in [6, 6.07) is 10.5. The van der Waals surface area contributed by atoms with Crippen LogP contribution in [0.15, 0.2) is 42.5 Å². The number of para-hydroxylation sites is 1. The maximum absolute atomic E-state index is 13.7. The van der Waals surface area contributed by atoms with Crippen molar-refractivity contribution in [2.75, 3.05) is 10.7 Å². The van der Waals surface area contributed by atoms with Gasteiger partial charge in [0.1, 0.15) is 17.2 Å². The molecule has 6 nitrogen and oxygen atoms in total. The molecule has 4 N–H and O–H groups in total. The predicted molar refractivity (Wildman–Crippen MR) is 79.3 cm³/mol. The van der Waals surface area contributed by atoms with Crippen LogP contribution in [0.5, 0.6) is 0 Å². The number of hydrogen-bond donors (Lipinski definition) is 3. The number of nitro groups is 1. The summed E-state index contributed by atoms with van der Waals surface area (Å²) in [5.41, 5.74) is 2.99. The van der Waals surface area contributed by atoms with Crippen molar-refractivity contribution in [3.63, 3.8) is 0 Å². The monoisotopic (exact) mass is 290 g/mol. The third-order valence-electron chi connectivity index (χ3n) is 3.12. The zero-order chi connectivity index (χ0) is 15.4. The third kappa shape index (κ3) is 3.09. The van der Waals surface area contributed by atoms with Crippen LogP contribution < -0.4 is 16.6 Å². The first-order valence-corrected chi connectivity index (χ1v) is 6.29. The number of hydrazine groups is 1. The standard InChI is InChI=1S/C14H15FN4O2/c1-9(10-5-2-3-6-11(10)15)17-12-7-4-8-13(18-16)14(12)19(20)21/h2-9,17-18H,16H2,1H3. The molecule has 0 radical (unpaired) electrons. The fourth-order valence-corrected chi connectivity index (χ4v) is 2.11. The van der Waals surface area contributed by atoms with Gasteiger partial charge in [0.05, 0.1) is 11.0 Å². The SMILES string of the molecule is CC(Nc1cccc(NN)c1[N+](=O)[O-])c1ccccc1F. The predicted octanol–water partition coefficient (Wildman–Crippen LogP) is 3.19. The van der Waals surface area contributed by atoms with Gasteiger partial charge in [-0.3, -0.25) is 16.0 Å². The maximum Gasteiger partial charge on any atom is 0.316 e. The van der Waals surface area contributed by atoms with Gasteiger partial charge in [0, 0.05) is 5.56 Å². The highest BCUT2D eigenvalue weighted by molar-refractivity contribution is 5.76. The Kier molecular flexibility index (Phi) is 4.34. The fraction of sp³-hybridized carbons (Fsp3) is 0.143. The minimum atomic E-state index is -0.536. The van der Waals surface area contributed by atoms with Crippen molar-refractivity contribution in [1.82, 2.24) is 0 Å². The van der Waals surface area contributed by atoms with Crippen LogP contribution in [0.1, 0.15) is 18.5 Å². The molecule has 2 rings (SSSR count). The van der Waals surface area contributed by atoms with E-state index in [4.69, 9.17) is 5.84 Å². The number of anilines is 2. The number of nitrogens with one attached hydrogen (secondary N) is 2. The molecule has 0 aliphatic heterocycles. The molecule has 0 fully saturated rings. The molecule has 0 aromatic heterocycles. The molecule has 1 unspecified atom stereocenters. The van der Waals surface area contributed by atoms with Gasteiger partial charge in [0.25, 0.3) is 0 Å². The summed E-state index contributed by atoms with van der Waals surface area (Å²) in [6.07, 6.45) is 0. The second-order valence-electron chi connectivity index (χ2n) is 4.49. The van der Waals surface area contributed by atoms with Crippen molar-refractivity contribution in [2.24, 2.45) is 5.84 Å². The van der Waals surface area contributed by atoms with E-state index in [1.165, 1.54) is 12.1 Å². The molecule has 0 saturated carbocycles. The van der Waals surface area contributed by atoms with Gasteiger partial charge in [-0.1, -0.05) is 24.3 Å². The molecule has 2 aromatic rings. The van der Waals surface area contributed by atoms with Crippen molar-refractivity contribution in [3.05, 3.63) is 64.0 Å². The number of halogens is 1. The first-order valence-electron chi connectivity index (χ1n) is 6.29. The van der Waals surface area contributed by atoms with Crippen molar-refractivity contribution in [1.29, 1.82) is 0 Å². The van der Waals surface area contributed by atoms with Gasteiger partial charge in [-0.25, -0.2) is 4.39 Å². The number of nitro benzene ring substituents is 1. The Morgan fingerprint density at radius 2 is 1.86 bits per heavy atom. The van der Waals surface area contributed by atoms with E-state index in [2.05, 4.69) is 10.7 Å². The smallest absolute Gasteiger partial charge is 0.316 e. The van der Waals surface area contributed by atoms with Gasteiger partial charge < -0.3 is 10.7 Å². The molecular weight excluding hydrogens is 275 g/mol. The number of nitrogen functional groups attached to an aromatic ring is 1. The quantitative estimate of drug-likeness (QED) is 0.446. The molecule has 1 atom stereocenters. The highest BCUT2D eigenvalue weighted by atomic mass is 19.1. The van der Waals surface area contributed by atoms with Gasteiger partial charge in [-0.2, -0.15) is 0 Å². The lowest BCUT2D eigenvalue weighted by Crippen LogP contribution is -2.13. The lowest BCUT2D eigenvalue weighted by atomic mass is 10.1. The minimum absolute atomic E-state index is 0.178. The van der Waals surface area contributed by atoms with E-state index < -0.39 is 11.0 Å². The van der Waals surface area contributed by atoms with E-state index in [9.17, 15) is 14.5 Å². The van der Waals surface area contributed by atoms with Gasteiger partial charge in [0.2, 0.25) is 0 Å². The van der Waals surface area contributed by atoms with E-state index in [1.54, 1.807) is 37.3 Å². The first kappa shape index (κ1) is 14.7. The molecule has 21 heavy (non-hydrogen) atoms. The first-order chi connectivity index (χ1) is 10.0. The molecule has 0 aliphatic rings. The Hall–Kier alpha value is -2.67. The molecule has 2 aromatic carbocycles. The summed E-state index contributed by atoms with van der Waals surface area (Å²) >= 11 is 0. The van der Waals surface area contributed by atoms with Crippen molar-refractivity contribution >= 4 is 17.1 Å². The van der Waals surface area contributed by atoms with Crippen LogP contribution in [0.2, 0.25) is 0 Å². The van der Waals surface area contributed by atoms with Gasteiger partial charge in [-0.05, 0) is 25.1 Å². The molecule has 7 heteroatoms. The number of rotatable bonds is 5. The molecule has 0 aliphatic carbocycles. The van der Waals surface area contributed by atoms with Crippen molar-refractivity contribution < 1.29 is 9.31 Å². The van der Waals surface area contributed by atoms with Gasteiger partial charge in [-0.15, -0.1) is 0 Å². The van der Waals surface area contributed by atoms with Crippen LogP contribution in [0, 0.1) is 15.9 Å². The second-order valence-corrected chi connectivity index (χ2v) is 4.49. The summed E-state index contributed by atoms with van der Waals surface area (Å²) in [4.78, 5) is 10.6. The average Bonchev–Trinajstić information content (AvgIpc) is 2.46. The Labute approximate surface area is 120 Å². The lowest BCUT2D eigenvalue weighted by molar-refractivity contribution is -0.383. The summed E-state index contributed by atoms with van der Waals surface area (Å²) in [7, 11) is 0. The number of hydrogen-bond acceptors (Lipinski definition) is 5. The Balaban J connectivity index is 2.36. The van der Waals surface area contributed by atoms with Crippen LogP contribution in [0.25, 0.3) is 0 Å². The Bertz CT molecular complexity index is 663. The molecule has 0 amide bonds. The normalized spacial score (nSPS) is 11.8. The molecular formula is C14H15FN4O2. The van der Waals surface area contributed by atoms with Crippen LogP contribution in [-0.4, -0.2) is 4.92 Å². The summed E-state index contributed by atoms with van der Waals surface area (Å²) in [5.74, 6) is 4.91. The highest BCUT2D eigenvalue weighted by Gasteiger charge is 2.21. The number of benzene rings is 2. The summed E-state index contributed by atoms with van der Waals surface area (Å²) in [5, 5.41) is 14.1. The average molecular weight is 290 g/mol. The van der Waals surface area contributed by atoms with Crippen LogP contribution in [0.4, 0.5) is 21.5 Å². The van der Waals surface area contributed by atoms with Crippen molar-refractivity contribution in [3.8, 4) is 0 Å². The molecule has 0 bridgehead atoms. The Morgan fingerprint density at radius 3 is 2.48 bits per heavy atom. The van der Waals surface area contributed by atoms with Gasteiger partial charge >= 0.3 is 5.69 Å². The summed E-state index contributed by atoms with van der Waals surface area (Å²) < 4.78 is 13.7. The van der Waals surface area contributed by atoms with E-state index in [0.717, 1.165) is 0 Å². The van der Waals surface area contributed by atoms with Crippen LogP contribution >= 0.6 is 0 Å². The topological polar surface area (TPSA) is 93.2 Å². The molecule has 0 saturated heterocycles. The van der Waals surface area contributed by atoms with Crippen LogP contribution in [0.3, 0.4) is 0 Å². The Morgan fingerprint density at radius 1 is 1.19 bits per heavy atom. The third-order valence-corrected chi connectivity index (χ3v) is 3.12. The summed E-state index contributed by atoms with van der Waals surface area (Å²) in [6.45, 7) is 1.73. The fourth-order valence-electron chi connectivity index (χ4n) is 2.11. The largest absolute Gasteiger partial charge is 0.373 e. The number of nitrogens with two attached hydrogens (primary N) is 1. The maximum atomic E-state index is 13.7. The van der Waals surface area contributed by atoms with E-state index >= 15 is 0 Å². The van der Waals surface area contributed by atoms with E-state index in [-0.39, 0.29) is 22.9 Å². The van der Waals surface area contributed by atoms with E-state index in [0.29, 0.717) is 5.56 Å². The van der Waals surface area contributed by atoms with Gasteiger partial charge in [0.15, 0.2) is 0 Å².